The second kappa shape index (κ2) is 6.21. The summed E-state index contributed by atoms with van der Waals surface area (Å²) >= 11 is 0. The zero-order valence-electron chi connectivity index (χ0n) is 11.9. The van der Waals surface area contributed by atoms with Crippen LogP contribution in [0.2, 0.25) is 0 Å². The van der Waals surface area contributed by atoms with Crippen molar-refractivity contribution in [3.8, 4) is 0 Å². The van der Waals surface area contributed by atoms with Gasteiger partial charge in [0.25, 0.3) is 5.91 Å². The number of rotatable bonds is 6. The molecule has 0 bridgehead atoms. The van der Waals surface area contributed by atoms with Gasteiger partial charge in [0.2, 0.25) is 0 Å². The van der Waals surface area contributed by atoms with E-state index in [-0.39, 0.29) is 11.3 Å². The van der Waals surface area contributed by atoms with Gasteiger partial charge in [-0.2, -0.15) is 10.2 Å². The highest BCUT2D eigenvalue weighted by Crippen LogP contribution is 2.07. The number of carboxylic acid groups (broad SMARTS) is 1. The molecule has 0 saturated carbocycles. The number of carbonyl (C=O) groups is 2. The summed E-state index contributed by atoms with van der Waals surface area (Å²) < 4.78 is 3.11. The molecule has 0 aliphatic carbocycles. The zero-order chi connectivity index (χ0) is 15.4. The minimum atomic E-state index is -1.17. The van der Waals surface area contributed by atoms with Crippen molar-refractivity contribution in [2.24, 2.45) is 7.05 Å². The Kier molecular flexibility index (Phi) is 4.36. The molecule has 0 fully saturated rings. The van der Waals surface area contributed by atoms with Crippen LogP contribution in [0.15, 0.2) is 18.5 Å². The molecule has 0 unspecified atom stereocenters. The summed E-state index contributed by atoms with van der Waals surface area (Å²) in [6.45, 7) is 3.08. The largest absolute Gasteiger partial charge is 0.478 e. The molecule has 112 valence electrons. The van der Waals surface area contributed by atoms with Crippen molar-refractivity contribution in [2.45, 2.75) is 19.9 Å². The standard InChI is InChI=1S/C13H17N5O3/c1-9-4-6-15-18(9)7-3-5-14-12(19)11-10(13(20)21)8-16-17(11)2/h4,6,8H,3,5,7H2,1-2H3,(H,14,19)(H,20,21). The van der Waals surface area contributed by atoms with E-state index in [0.29, 0.717) is 19.5 Å². The summed E-state index contributed by atoms with van der Waals surface area (Å²) in [4.78, 5) is 23.0. The third-order valence-corrected chi connectivity index (χ3v) is 3.15. The average molecular weight is 291 g/mol. The first-order chi connectivity index (χ1) is 10.0. The van der Waals surface area contributed by atoms with Gasteiger partial charge in [-0.1, -0.05) is 0 Å². The van der Waals surface area contributed by atoms with Crippen LogP contribution in [-0.4, -0.2) is 43.1 Å². The van der Waals surface area contributed by atoms with Crippen molar-refractivity contribution in [3.63, 3.8) is 0 Å². The first kappa shape index (κ1) is 14.8. The molecular weight excluding hydrogens is 274 g/mol. The number of hydrogen-bond donors (Lipinski definition) is 2. The summed E-state index contributed by atoms with van der Waals surface area (Å²) in [5.74, 6) is -1.61. The fraction of sp³-hybridized carbons (Fsp3) is 0.385. The highest BCUT2D eigenvalue weighted by Gasteiger charge is 2.21. The molecule has 2 aromatic heterocycles. The van der Waals surface area contributed by atoms with E-state index in [1.807, 2.05) is 17.7 Å². The number of carbonyl (C=O) groups excluding carboxylic acids is 1. The number of aryl methyl sites for hydroxylation is 3. The number of carboxylic acids is 1. The van der Waals surface area contributed by atoms with E-state index >= 15 is 0 Å². The lowest BCUT2D eigenvalue weighted by molar-refractivity contribution is 0.0690. The van der Waals surface area contributed by atoms with Crippen LogP contribution in [0, 0.1) is 6.92 Å². The molecule has 0 spiro atoms. The number of nitrogens with zero attached hydrogens (tertiary/aromatic N) is 4. The van der Waals surface area contributed by atoms with Crippen molar-refractivity contribution < 1.29 is 14.7 Å². The van der Waals surface area contributed by atoms with Gasteiger partial charge in [0.1, 0.15) is 11.3 Å². The van der Waals surface area contributed by atoms with Gasteiger partial charge < -0.3 is 10.4 Å². The lowest BCUT2D eigenvalue weighted by atomic mass is 10.2. The van der Waals surface area contributed by atoms with Crippen molar-refractivity contribution in [1.82, 2.24) is 24.9 Å². The number of nitrogens with one attached hydrogen (secondary N) is 1. The van der Waals surface area contributed by atoms with Crippen LogP contribution in [0.1, 0.15) is 33.0 Å². The Balaban J connectivity index is 1.89. The highest BCUT2D eigenvalue weighted by atomic mass is 16.4. The molecule has 2 N–H and O–H groups in total. The second-order valence-electron chi connectivity index (χ2n) is 4.64. The van der Waals surface area contributed by atoms with Crippen molar-refractivity contribution in [3.05, 3.63) is 35.4 Å². The molecule has 0 atom stereocenters. The predicted molar refractivity (Wildman–Crippen MR) is 74.1 cm³/mol. The van der Waals surface area contributed by atoms with E-state index in [9.17, 15) is 9.59 Å². The van der Waals surface area contributed by atoms with E-state index in [4.69, 9.17) is 5.11 Å². The molecule has 2 aromatic rings. The molecule has 2 heterocycles. The Morgan fingerprint density at radius 1 is 1.38 bits per heavy atom. The van der Waals surface area contributed by atoms with Gasteiger partial charge >= 0.3 is 5.97 Å². The molecule has 8 nitrogen and oxygen atoms in total. The van der Waals surface area contributed by atoms with Crippen LogP contribution < -0.4 is 5.32 Å². The van der Waals surface area contributed by atoms with Gasteiger partial charge in [0.05, 0.1) is 6.20 Å². The summed E-state index contributed by atoms with van der Waals surface area (Å²) in [7, 11) is 1.54. The summed E-state index contributed by atoms with van der Waals surface area (Å²) in [5, 5.41) is 19.7. The van der Waals surface area contributed by atoms with Gasteiger partial charge in [-0.05, 0) is 19.4 Å². The Morgan fingerprint density at radius 2 is 2.14 bits per heavy atom. The van der Waals surface area contributed by atoms with Crippen LogP contribution >= 0.6 is 0 Å². The van der Waals surface area contributed by atoms with Crippen LogP contribution in [0.4, 0.5) is 0 Å². The summed E-state index contributed by atoms with van der Waals surface area (Å²) in [6, 6.07) is 1.91. The quantitative estimate of drug-likeness (QED) is 0.752. The Labute approximate surface area is 121 Å². The molecule has 0 aliphatic rings. The average Bonchev–Trinajstić information content (AvgIpc) is 3.01. The Bertz CT molecular complexity index is 659. The SMILES string of the molecule is Cc1ccnn1CCCNC(=O)c1c(C(=O)O)cnn1C. The lowest BCUT2D eigenvalue weighted by Crippen LogP contribution is -2.29. The topological polar surface area (TPSA) is 102 Å². The number of hydrogen-bond acceptors (Lipinski definition) is 4. The van der Waals surface area contributed by atoms with Gasteiger partial charge in [0.15, 0.2) is 0 Å². The fourth-order valence-corrected chi connectivity index (χ4v) is 2.01. The van der Waals surface area contributed by atoms with E-state index in [2.05, 4.69) is 15.5 Å². The fourth-order valence-electron chi connectivity index (χ4n) is 2.01. The molecule has 0 aromatic carbocycles. The van der Waals surface area contributed by atoms with E-state index in [1.165, 1.54) is 17.9 Å². The number of aromatic carboxylic acids is 1. The lowest BCUT2D eigenvalue weighted by Gasteiger charge is -2.07. The zero-order valence-corrected chi connectivity index (χ0v) is 11.9. The molecule has 0 aliphatic heterocycles. The highest BCUT2D eigenvalue weighted by molar-refractivity contribution is 6.03. The molecule has 8 heteroatoms. The van der Waals surface area contributed by atoms with Crippen molar-refractivity contribution in [1.29, 1.82) is 0 Å². The molecule has 0 radical (unpaired) electrons. The van der Waals surface area contributed by atoms with Crippen molar-refractivity contribution in [2.75, 3.05) is 6.54 Å². The van der Waals surface area contributed by atoms with Gasteiger partial charge in [-0.3, -0.25) is 14.2 Å². The van der Waals surface area contributed by atoms with E-state index in [1.54, 1.807) is 6.20 Å². The summed E-state index contributed by atoms with van der Waals surface area (Å²) in [5.41, 5.74) is 1.01. The molecule has 0 saturated heterocycles. The smallest absolute Gasteiger partial charge is 0.339 e. The van der Waals surface area contributed by atoms with Gasteiger partial charge in [0, 0.05) is 32.0 Å². The summed E-state index contributed by atoms with van der Waals surface area (Å²) in [6.07, 6.45) is 3.60. The van der Waals surface area contributed by atoms with Crippen LogP contribution in [-0.2, 0) is 13.6 Å². The number of aromatic nitrogens is 4. The minimum absolute atomic E-state index is 0.0535. The van der Waals surface area contributed by atoms with Gasteiger partial charge in [-0.25, -0.2) is 4.79 Å². The van der Waals surface area contributed by atoms with Crippen LogP contribution in [0.3, 0.4) is 0 Å². The third kappa shape index (κ3) is 3.28. The monoisotopic (exact) mass is 291 g/mol. The predicted octanol–water partition coefficient (Wildman–Crippen LogP) is 0.443. The van der Waals surface area contributed by atoms with Crippen LogP contribution in [0.5, 0.6) is 0 Å². The maximum absolute atomic E-state index is 12.0. The maximum atomic E-state index is 12.0. The van der Waals surface area contributed by atoms with Crippen LogP contribution in [0.25, 0.3) is 0 Å². The first-order valence-electron chi connectivity index (χ1n) is 6.52. The molecule has 1 amide bonds. The first-order valence-corrected chi connectivity index (χ1v) is 6.52. The molecule has 21 heavy (non-hydrogen) atoms. The van der Waals surface area contributed by atoms with Gasteiger partial charge in [-0.15, -0.1) is 0 Å². The third-order valence-electron chi connectivity index (χ3n) is 3.15. The van der Waals surface area contributed by atoms with E-state index < -0.39 is 11.9 Å². The van der Waals surface area contributed by atoms with Crippen molar-refractivity contribution >= 4 is 11.9 Å². The van der Waals surface area contributed by atoms with E-state index in [0.717, 1.165) is 5.69 Å². The Hall–Kier alpha value is -2.64. The molecule has 2 rings (SSSR count). The molecular formula is C13H17N5O3. The number of amides is 1. The minimum Gasteiger partial charge on any atom is -0.478 e. The Morgan fingerprint density at radius 3 is 2.76 bits per heavy atom. The maximum Gasteiger partial charge on any atom is 0.339 e. The normalized spacial score (nSPS) is 10.6. The second-order valence-corrected chi connectivity index (χ2v) is 4.64.